The van der Waals surface area contributed by atoms with Gasteiger partial charge in [-0.2, -0.15) is 0 Å². The Kier molecular flexibility index (Phi) is 2.95. The molecule has 2 atom stereocenters. The van der Waals surface area contributed by atoms with E-state index in [0.29, 0.717) is 6.42 Å². The lowest BCUT2D eigenvalue weighted by molar-refractivity contribution is -0.143. The smallest absolute Gasteiger partial charge is 0.338 e. The minimum Gasteiger partial charge on any atom is -0.479 e. The van der Waals surface area contributed by atoms with E-state index in [4.69, 9.17) is 5.11 Å². The summed E-state index contributed by atoms with van der Waals surface area (Å²) in [5, 5.41) is 8.78. The van der Waals surface area contributed by atoms with Crippen molar-refractivity contribution in [2.24, 2.45) is 0 Å². The fourth-order valence-electron chi connectivity index (χ4n) is 2.61. The van der Waals surface area contributed by atoms with E-state index in [-0.39, 0.29) is 0 Å². The van der Waals surface area contributed by atoms with Gasteiger partial charge in [0.05, 0.1) is 0 Å². The molecule has 0 spiro atoms. The number of carboxylic acid groups (broad SMARTS) is 1. The molecule has 0 aliphatic heterocycles. The first-order chi connectivity index (χ1) is 7.61. The maximum absolute atomic E-state index is 13.7. The topological polar surface area (TPSA) is 37.3 Å². The number of aliphatic carboxylic acids is 1. The summed E-state index contributed by atoms with van der Waals surface area (Å²) in [5.41, 5.74) is 3.04. The lowest BCUT2D eigenvalue weighted by Crippen LogP contribution is -2.27. The number of hydrogen-bond donors (Lipinski definition) is 1. The van der Waals surface area contributed by atoms with Crippen molar-refractivity contribution in [1.29, 1.82) is 0 Å². The van der Waals surface area contributed by atoms with Crippen LogP contribution in [0.15, 0.2) is 18.2 Å². The minimum absolute atomic E-state index is 0.470. The normalized spacial score (nSPS) is 21.2. The Balaban J connectivity index is 2.43. The van der Waals surface area contributed by atoms with Gasteiger partial charge in [0.2, 0.25) is 6.17 Å². The van der Waals surface area contributed by atoms with Crippen LogP contribution in [0, 0.1) is 6.92 Å². The van der Waals surface area contributed by atoms with Gasteiger partial charge in [0, 0.05) is 5.92 Å². The molecule has 1 aromatic carbocycles. The number of rotatable bonds is 2. The van der Waals surface area contributed by atoms with Crippen LogP contribution in [0.5, 0.6) is 0 Å². The molecule has 0 heterocycles. The average Bonchev–Trinajstić information content (AvgIpc) is 2.27. The van der Waals surface area contributed by atoms with Gasteiger partial charge in [0.25, 0.3) is 0 Å². The van der Waals surface area contributed by atoms with Crippen LogP contribution in [0.3, 0.4) is 0 Å². The van der Waals surface area contributed by atoms with E-state index in [9.17, 15) is 9.18 Å². The average molecular weight is 222 g/mol. The summed E-state index contributed by atoms with van der Waals surface area (Å²) in [6.45, 7) is 1.92. The monoisotopic (exact) mass is 222 g/mol. The summed E-state index contributed by atoms with van der Waals surface area (Å²) in [5.74, 6) is -1.82. The first-order valence-electron chi connectivity index (χ1n) is 5.56. The summed E-state index contributed by atoms with van der Waals surface area (Å²) in [4.78, 5) is 10.7. The SMILES string of the molecule is Cc1cccc2c1C(C(F)C(=O)O)CCC2. The van der Waals surface area contributed by atoms with Crippen molar-refractivity contribution in [3.05, 3.63) is 34.9 Å². The molecule has 1 aromatic rings. The van der Waals surface area contributed by atoms with Gasteiger partial charge in [-0.15, -0.1) is 0 Å². The maximum atomic E-state index is 13.7. The third kappa shape index (κ3) is 1.82. The number of benzene rings is 1. The van der Waals surface area contributed by atoms with Crippen LogP contribution >= 0.6 is 0 Å². The zero-order valence-corrected chi connectivity index (χ0v) is 9.24. The second-order valence-electron chi connectivity index (χ2n) is 4.39. The lowest BCUT2D eigenvalue weighted by atomic mass is 9.78. The van der Waals surface area contributed by atoms with E-state index in [1.165, 1.54) is 0 Å². The number of aryl methyl sites for hydroxylation is 2. The molecular weight excluding hydrogens is 207 g/mol. The Bertz CT molecular complexity index is 414. The zero-order chi connectivity index (χ0) is 11.7. The molecule has 0 fully saturated rings. The summed E-state index contributed by atoms with van der Waals surface area (Å²) in [6, 6.07) is 5.85. The van der Waals surface area contributed by atoms with Gasteiger partial charge >= 0.3 is 5.97 Å². The molecule has 0 saturated carbocycles. The van der Waals surface area contributed by atoms with E-state index in [0.717, 1.165) is 29.5 Å². The predicted molar refractivity (Wildman–Crippen MR) is 59.4 cm³/mol. The molecule has 2 nitrogen and oxygen atoms in total. The molecular formula is C13H15FO2. The quantitative estimate of drug-likeness (QED) is 0.835. The van der Waals surface area contributed by atoms with E-state index in [2.05, 4.69) is 0 Å². The second-order valence-corrected chi connectivity index (χ2v) is 4.39. The first kappa shape index (κ1) is 11.1. The number of fused-ring (bicyclic) bond motifs is 1. The number of carbonyl (C=O) groups is 1. The Morgan fingerprint density at radius 3 is 3.00 bits per heavy atom. The number of halogens is 1. The summed E-state index contributed by atoms with van der Waals surface area (Å²) in [7, 11) is 0. The Morgan fingerprint density at radius 1 is 1.56 bits per heavy atom. The van der Waals surface area contributed by atoms with Crippen molar-refractivity contribution in [3.8, 4) is 0 Å². The maximum Gasteiger partial charge on any atom is 0.338 e. The largest absolute Gasteiger partial charge is 0.479 e. The third-order valence-electron chi connectivity index (χ3n) is 3.34. The molecule has 0 aromatic heterocycles. The molecule has 16 heavy (non-hydrogen) atoms. The van der Waals surface area contributed by atoms with Crippen molar-refractivity contribution in [2.45, 2.75) is 38.3 Å². The summed E-state index contributed by atoms with van der Waals surface area (Å²) >= 11 is 0. The van der Waals surface area contributed by atoms with Crippen molar-refractivity contribution >= 4 is 5.97 Å². The fraction of sp³-hybridized carbons (Fsp3) is 0.462. The Morgan fingerprint density at radius 2 is 2.31 bits per heavy atom. The van der Waals surface area contributed by atoms with Crippen molar-refractivity contribution < 1.29 is 14.3 Å². The number of hydrogen-bond acceptors (Lipinski definition) is 1. The van der Waals surface area contributed by atoms with Gasteiger partial charge in [-0.25, -0.2) is 9.18 Å². The van der Waals surface area contributed by atoms with E-state index < -0.39 is 18.1 Å². The van der Waals surface area contributed by atoms with E-state index >= 15 is 0 Å². The number of carboxylic acids is 1. The van der Waals surface area contributed by atoms with Gasteiger partial charge in [-0.05, 0) is 42.9 Å². The van der Waals surface area contributed by atoms with E-state index in [1.807, 2.05) is 25.1 Å². The zero-order valence-electron chi connectivity index (χ0n) is 9.24. The highest BCUT2D eigenvalue weighted by atomic mass is 19.1. The van der Waals surface area contributed by atoms with Gasteiger partial charge in [-0.1, -0.05) is 18.2 Å². The Labute approximate surface area is 94.1 Å². The van der Waals surface area contributed by atoms with Crippen LogP contribution in [-0.4, -0.2) is 17.2 Å². The standard InChI is InChI=1S/C13H15FO2/c1-8-4-2-5-9-6-3-7-10(11(8)9)12(14)13(15)16/h2,4-5,10,12H,3,6-7H2,1H3,(H,15,16). The molecule has 2 rings (SSSR count). The highest BCUT2D eigenvalue weighted by Crippen LogP contribution is 2.37. The van der Waals surface area contributed by atoms with Crippen molar-refractivity contribution in [3.63, 3.8) is 0 Å². The van der Waals surface area contributed by atoms with Gasteiger partial charge in [-0.3, -0.25) is 0 Å². The third-order valence-corrected chi connectivity index (χ3v) is 3.34. The molecule has 0 saturated heterocycles. The number of alkyl halides is 1. The molecule has 2 unspecified atom stereocenters. The Hall–Kier alpha value is -1.38. The predicted octanol–water partition coefficient (Wildman–Crippen LogP) is 2.84. The molecule has 1 aliphatic carbocycles. The van der Waals surface area contributed by atoms with Crippen LogP contribution in [-0.2, 0) is 11.2 Å². The summed E-state index contributed by atoms with van der Waals surface area (Å²) in [6.07, 6.45) is 0.653. The lowest BCUT2D eigenvalue weighted by Gasteiger charge is -2.28. The molecule has 1 N–H and O–H groups in total. The molecule has 0 radical (unpaired) electrons. The van der Waals surface area contributed by atoms with Crippen LogP contribution in [0.2, 0.25) is 0 Å². The highest BCUT2D eigenvalue weighted by Gasteiger charge is 2.33. The van der Waals surface area contributed by atoms with Crippen LogP contribution in [0.1, 0.15) is 35.4 Å². The molecule has 0 bridgehead atoms. The fourth-order valence-corrected chi connectivity index (χ4v) is 2.61. The molecule has 86 valence electrons. The minimum atomic E-state index is -1.78. The summed E-state index contributed by atoms with van der Waals surface area (Å²) < 4.78 is 13.7. The molecule has 1 aliphatic rings. The first-order valence-corrected chi connectivity index (χ1v) is 5.56. The van der Waals surface area contributed by atoms with E-state index in [1.54, 1.807) is 0 Å². The second kappa shape index (κ2) is 4.24. The van der Waals surface area contributed by atoms with Crippen molar-refractivity contribution in [2.75, 3.05) is 0 Å². The van der Waals surface area contributed by atoms with Crippen LogP contribution in [0.25, 0.3) is 0 Å². The van der Waals surface area contributed by atoms with Crippen LogP contribution in [0.4, 0.5) is 4.39 Å². The van der Waals surface area contributed by atoms with Gasteiger partial charge in [0.15, 0.2) is 0 Å². The highest BCUT2D eigenvalue weighted by molar-refractivity contribution is 5.74. The van der Waals surface area contributed by atoms with Crippen LogP contribution < -0.4 is 0 Å². The van der Waals surface area contributed by atoms with Crippen molar-refractivity contribution in [1.82, 2.24) is 0 Å². The van der Waals surface area contributed by atoms with Gasteiger partial charge in [0.1, 0.15) is 0 Å². The van der Waals surface area contributed by atoms with Gasteiger partial charge < -0.3 is 5.11 Å². The molecule has 0 amide bonds. The molecule has 3 heteroatoms.